The second-order valence-corrected chi connectivity index (χ2v) is 7.36. The van der Waals surface area contributed by atoms with Gasteiger partial charge in [-0.05, 0) is 42.4 Å². The van der Waals surface area contributed by atoms with Crippen LogP contribution < -0.4 is 4.74 Å². The van der Waals surface area contributed by atoms with Crippen molar-refractivity contribution in [3.05, 3.63) is 42.0 Å². The maximum atomic E-state index is 12.1. The van der Waals surface area contributed by atoms with Crippen molar-refractivity contribution in [2.75, 3.05) is 19.7 Å². The van der Waals surface area contributed by atoms with E-state index < -0.39 is 0 Å². The Morgan fingerprint density at radius 1 is 1.17 bits per heavy atom. The molecule has 0 saturated carbocycles. The van der Waals surface area contributed by atoms with Gasteiger partial charge >= 0.3 is 0 Å². The molecule has 3 heteroatoms. The number of hydrogen-bond acceptors (Lipinski definition) is 2. The smallest absolute Gasteiger partial charge is 0.222 e. The van der Waals surface area contributed by atoms with Gasteiger partial charge in [0.15, 0.2) is 0 Å². The number of carbonyl (C=O) groups excluding carboxylic acids is 1. The lowest BCUT2D eigenvalue weighted by molar-refractivity contribution is -0.131. The highest BCUT2D eigenvalue weighted by molar-refractivity contribution is 5.76. The van der Waals surface area contributed by atoms with Gasteiger partial charge in [-0.2, -0.15) is 0 Å². The molecule has 0 radical (unpaired) electrons. The quantitative estimate of drug-likeness (QED) is 0.598. The molecule has 0 aliphatic carbocycles. The average Bonchev–Trinajstić information content (AvgIpc) is 2.51. The van der Waals surface area contributed by atoms with Crippen LogP contribution in [0.15, 0.2) is 36.4 Å². The summed E-state index contributed by atoms with van der Waals surface area (Å²) < 4.78 is 5.74. The lowest BCUT2D eigenvalue weighted by Gasteiger charge is -2.28. The van der Waals surface area contributed by atoms with E-state index in [9.17, 15) is 4.79 Å². The molecule has 1 aromatic rings. The lowest BCUT2D eigenvalue weighted by Crippen LogP contribution is -2.36. The van der Waals surface area contributed by atoms with Crippen molar-refractivity contribution < 1.29 is 9.53 Å². The van der Waals surface area contributed by atoms with Crippen LogP contribution in [-0.4, -0.2) is 30.5 Å². The topological polar surface area (TPSA) is 29.5 Å². The third kappa shape index (κ3) is 5.42. The summed E-state index contributed by atoms with van der Waals surface area (Å²) in [7, 11) is 0. The molecule has 1 amide bonds. The van der Waals surface area contributed by atoms with E-state index in [1.807, 2.05) is 17.0 Å². The van der Waals surface area contributed by atoms with E-state index in [2.05, 4.69) is 39.5 Å². The first kappa shape index (κ1) is 17.6. The minimum atomic E-state index is 0.157. The monoisotopic (exact) mass is 315 g/mol. The Balaban J connectivity index is 1.69. The minimum absolute atomic E-state index is 0.157. The van der Waals surface area contributed by atoms with Crippen LogP contribution in [0.5, 0.6) is 5.75 Å². The lowest BCUT2D eigenvalue weighted by atomic mass is 9.87. The second-order valence-electron chi connectivity index (χ2n) is 7.36. The average molecular weight is 315 g/mol. The normalized spacial score (nSPS) is 15.6. The van der Waals surface area contributed by atoms with E-state index in [0.29, 0.717) is 13.0 Å². The molecule has 1 aliphatic heterocycles. The predicted octanol–water partition coefficient (Wildman–Crippen LogP) is 4.32. The van der Waals surface area contributed by atoms with Gasteiger partial charge in [0.25, 0.3) is 0 Å². The number of rotatable bonds is 5. The first-order chi connectivity index (χ1) is 10.9. The number of piperidine rings is 1. The van der Waals surface area contributed by atoms with Gasteiger partial charge in [-0.1, -0.05) is 45.1 Å². The molecule has 1 saturated heterocycles. The molecular weight excluding hydrogens is 286 g/mol. The highest BCUT2D eigenvalue weighted by Crippen LogP contribution is 2.24. The van der Waals surface area contributed by atoms with Gasteiger partial charge < -0.3 is 9.64 Å². The van der Waals surface area contributed by atoms with Crippen molar-refractivity contribution in [2.24, 2.45) is 0 Å². The van der Waals surface area contributed by atoms with Crippen molar-refractivity contribution in [1.29, 1.82) is 0 Å². The number of benzene rings is 1. The summed E-state index contributed by atoms with van der Waals surface area (Å²) >= 11 is 0. The van der Waals surface area contributed by atoms with E-state index in [4.69, 9.17) is 4.74 Å². The van der Waals surface area contributed by atoms with Gasteiger partial charge in [0, 0.05) is 19.5 Å². The molecule has 0 spiro atoms. The third-order valence-corrected chi connectivity index (χ3v) is 4.35. The number of hydrogen-bond donors (Lipinski definition) is 0. The second kappa shape index (κ2) is 7.67. The fraction of sp³-hybridized carbons (Fsp3) is 0.550. The molecule has 0 aromatic heterocycles. The Labute approximate surface area is 140 Å². The van der Waals surface area contributed by atoms with Crippen molar-refractivity contribution >= 4 is 5.91 Å². The van der Waals surface area contributed by atoms with E-state index in [0.717, 1.165) is 38.1 Å². The molecule has 1 aromatic carbocycles. The fourth-order valence-electron chi connectivity index (χ4n) is 2.70. The van der Waals surface area contributed by atoms with Gasteiger partial charge in [-0.25, -0.2) is 0 Å². The maximum absolute atomic E-state index is 12.1. The predicted molar refractivity (Wildman–Crippen MR) is 94.8 cm³/mol. The standard InChI is InChI=1S/C20H29NO2/c1-16-11-13-21(14-12-16)19(22)6-5-15-23-18-9-7-17(8-10-18)20(2,3)4/h7-10H,1,5-6,11-15H2,2-4H3. The molecule has 23 heavy (non-hydrogen) atoms. The summed E-state index contributed by atoms with van der Waals surface area (Å²) in [5.41, 5.74) is 2.72. The summed E-state index contributed by atoms with van der Waals surface area (Å²) in [5, 5.41) is 0. The van der Waals surface area contributed by atoms with Gasteiger partial charge in [0.2, 0.25) is 5.91 Å². The minimum Gasteiger partial charge on any atom is -0.494 e. The molecule has 2 rings (SSSR count). The molecule has 0 atom stereocenters. The number of ether oxygens (including phenoxy) is 1. The Hall–Kier alpha value is -1.77. The Kier molecular flexibility index (Phi) is 5.86. The summed E-state index contributed by atoms with van der Waals surface area (Å²) in [6.07, 6.45) is 3.22. The van der Waals surface area contributed by atoms with Gasteiger partial charge in [-0.15, -0.1) is 0 Å². The fourth-order valence-corrected chi connectivity index (χ4v) is 2.70. The summed E-state index contributed by atoms with van der Waals surface area (Å²) in [4.78, 5) is 14.1. The van der Waals surface area contributed by atoms with E-state index in [1.165, 1.54) is 11.1 Å². The Morgan fingerprint density at radius 2 is 1.78 bits per heavy atom. The summed E-state index contributed by atoms with van der Waals surface area (Å²) in [6, 6.07) is 8.25. The van der Waals surface area contributed by atoms with Crippen molar-refractivity contribution in [2.45, 2.75) is 51.9 Å². The Morgan fingerprint density at radius 3 is 2.35 bits per heavy atom. The number of nitrogens with zero attached hydrogens (tertiary/aromatic N) is 1. The van der Waals surface area contributed by atoms with Crippen LogP contribution in [-0.2, 0) is 10.2 Å². The first-order valence-electron chi connectivity index (χ1n) is 8.54. The SMILES string of the molecule is C=C1CCN(C(=O)CCCOc2ccc(C(C)(C)C)cc2)CC1. The van der Waals surface area contributed by atoms with Crippen LogP contribution >= 0.6 is 0 Å². The molecule has 0 unspecified atom stereocenters. The number of amides is 1. The van der Waals surface area contributed by atoms with Crippen molar-refractivity contribution in [3.63, 3.8) is 0 Å². The molecule has 3 nitrogen and oxygen atoms in total. The van der Waals surface area contributed by atoms with Crippen LogP contribution in [0.1, 0.15) is 52.0 Å². The van der Waals surface area contributed by atoms with Crippen molar-refractivity contribution in [3.8, 4) is 5.75 Å². The zero-order valence-corrected chi connectivity index (χ0v) is 14.7. The van der Waals surface area contributed by atoms with Crippen LogP contribution in [0.2, 0.25) is 0 Å². The molecule has 1 aliphatic rings. The maximum Gasteiger partial charge on any atom is 0.222 e. The highest BCUT2D eigenvalue weighted by atomic mass is 16.5. The zero-order valence-electron chi connectivity index (χ0n) is 14.7. The summed E-state index contributed by atoms with van der Waals surface area (Å²) in [6.45, 7) is 12.8. The largest absolute Gasteiger partial charge is 0.494 e. The third-order valence-electron chi connectivity index (χ3n) is 4.35. The first-order valence-corrected chi connectivity index (χ1v) is 8.54. The van der Waals surface area contributed by atoms with Crippen molar-refractivity contribution in [1.82, 2.24) is 4.90 Å². The van der Waals surface area contributed by atoms with Crippen LogP contribution in [0.25, 0.3) is 0 Å². The van der Waals surface area contributed by atoms with E-state index >= 15 is 0 Å². The van der Waals surface area contributed by atoms with Crippen LogP contribution in [0, 0.1) is 0 Å². The van der Waals surface area contributed by atoms with Gasteiger partial charge in [0.05, 0.1) is 6.61 Å². The summed E-state index contributed by atoms with van der Waals surface area (Å²) in [5.74, 6) is 1.11. The zero-order chi connectivity index (χ0) is 16.9. The molecular formula is C20H29NO2. The Bertz CT molecular complexity index is 530. The van der Waals surface area contributed by atoms with E-state index in [1.54, 1.807) is 0 Å². The molecule has 0 bridgehead atoms. The molecule has 126 valence electrons. The van der Waals surface area contributed by atoms with Crippen LogP contribution in [0.3, 0.4) is 0 Å². The molecule has 1 fully saturated rings. The highest BCUT2D eigenvalue weighted by Gasteiger charge is 2.17. The van der Waals surface area contributed by atoms with E-state index in [-0.39, 0.29) is 11.3 Å². The molecule has 1 heterocycles. The number of carbonyl (C=O) groups is 1. The number of likely N-dealkylation sites (tertiary alicyclic amines) is 1. The van der Waals surface area contributed by atoms with Gasteiger partial charge in [0.1, 0.15) is 5.75 Å². The van der Waals surface area contributed by atoms with Crippen LogP contribution in [0.4, 0.5) is 0 Å². The molecule has 0 N–H and O–H groups in total. The van der Waals surface area contributed by atoms with Gasteiger partial charge in [-0.3, -0.25) is 4.79 Å².